The molecule has 0 saturated carbocycles. The molecule has 0 heterocycles. The van der Waals surface area contributed by atoms with Crippen LogP contribution in [0.5, 0.6) is 0 Å². The number of hydrogen-bond donors (Lipinski definition) is 2. The zero-order chi connectivity index (χ0) is 9.56. The molecule has 0 fully saturated rings. The minimum Gasteiger partial charge on any atom is -0.368 e. The van der Waals surface area contributed by atoms with Crippen LogP contribution < -0.4 is 0 Å². The molecule has 0 radical (unpaired) electrons. The molecule has 0 aromatic rings. The highest BCUT2D eigenvalue weighted by atomic mass is 16.5. The summed E-state index contributed by atoms with van der Waals surface area (Å²) in [7, 11) is 0. The summed E-state index contributed by atoms with van der Waals surface area (Å²) in [6.07, 6.45) is 3.59. The zero-order valence-electron chi connectivity index (χ0n) is 8.25. The van der Waals surface area contributed by atoms with Crippen LogP contribution in [0.1, 0.15) is 40.0 Å². The number of rotatable bonds is 5. The molecule has 0 aromatic carbocycles. The number of aliphatic hydroxyl groups excluding tert-OH is 1. The van der Waals surface area contributed by atoms with E-state index in [2.05, 4.69) is 19.9 Å². The first-order valence-electron chi connectivity index (χ1n) is 4.52. The fraction of sp³-hybridized carbons (Fsp3) is 0.800. The molecule has 0 bridgehead atoms. The fourth-order valence-corrected chi connectivity index (χ4v) is 1.13. The van der Waals surface area contributed by atoms with Gasteiger partial charge in [0.05, 0.1) is 0 Å². The third-order valence-corrected chi connectivity index (χ3v) is 1.83. The summed E-state index contributed by atoms with van der Waals surface area (Å²) < 4.78 is 0. The molecule has 1 unspecified atom stereocenters. The van der Waals surface area contributed by atoms with Gasteiger partial charge in [0.2, 0.25) is 0 Å². The summed E-state index contributed by atoms with van der Waals surface area (Å²) in [6, 6.07) is 0. The molecule has 0 aliphatic rings. The lowest BCUT2D eigenvalue weighted by Crippen LogP contribution is -2.09. The summed E-state index contributed by atoms with van der Waals surface area (Å²) in [5, 5.41) is 17.3. The maximum absolute atomic E-state index is 8.67. The molecule has 0 aliphatic heterocycles. The quantitative estimate of drug-likeness (QED) is 0.492. The standard InChI is InChI=1S/C10H20O2/c1-8(2)5-4-6-9(3)7-10(11)12/h5,9-12H,4,6-7H2,1-3H3. The Kier molecular flexibility index (Phi) is 6.03. The topological polar surface area (TPSA) is 40.5 Å². The third kappa shape index (κ3) is 7.76. The number of aliphatic hydroxyl groups is 2. The number of allylic oxidation sites excluding steroid dienone is 2. The van der Waals surface area contributed by atoms with E-state index in [1.165, 1.54) is 5.57 Å². The van der Waals surface area contributed by atoms with Gasteiger partial charge >= 0.3 is 0 Å². The molecule has 12 heavy (non-hydrogen) atoms. The van der Waals surface area contributed by atoms with Crippen LogP contribution >= 0.6 is 0 Å². The maximum atomic E-state index is 8.67. The maximum Gasteiger partial charge on any atom is 0.151 e. The van der Waals surface area contributed by atoms with Crippen molar-refractivity contribution in [1.82, 2.24) is 0 Å². The van der Waals surface area contributed by atoms with Crippen molar-refractivity contribution in [2.24, 2.45) is 5.92 Å². The van der Waals surface area contributed by atoms with E-state index < -0.39 is 6.29 Å². The highest BCUT2D eigenvalue weighted by Gasteiger charge is 2.05. The predicted molar refractivity (Wildman–Crippen MR) is 50.7 cm³/mol. The van der Waals surface area contributed by atoms with Gasteiger partial charge in [0.15, 0.2) is 6.29 Å². The summed E-state index contributed by atoms with van der Waals surface area (Å²) in [4.78, 5) is 0. The van der Waals surface area contributed by atoms with Crippen molar-refractivity contribution in [1.29, 1.82) is 0 Å². The van der Waals surface area contributed by atoms with Crippen molar-refractivity contribution in [3.8, 4) is 0 Å². The van der Waals surface area contributed by atoms with Gasteiger partial charge in [0.1, 0.15) is 0 Å². The van der Waals surface area contributed by atoms with E-state index in [9.17, 15) is 0 Å². The Balaban J connectivity index is 3.44. The van der Waals surface area contributed by atoms with Crippen LogP contribution in [0.2, 0.25) is 0 Å². The SMILES string of the molecule is CC(C)=CCCC(C)CC(O)O. The van der Waals surface area contributed by atoms with Crippen molar-refractivity contribution in [2.45, 2.75) is 46.3 Å². The average molecular weight is 172 g/mol. The van der Waals surface area contributed by atoms with Crippen LogP contribution in [-0.4, -0.2) is 16.5 Å². The predicted octanol–water partition coefficient (Wildman–Crippen LogP) is 2.07. The van der Waals surface area contributed by atoms with E-state index in [0.29, 0.717) is 12.3 Å². The molecule has 0 saturated heterocycles. The molecular formula is C10H20O2. The summed E-state index contributed by atoms with van der Waals surface area (Å²) in [5.41, 5.74) is 1.33. The third-order valence-electron chi connectivity index (χ3n) is 1.83. The molecule has 2 N–H and O–H groups in total. The first kappa shape index (κ1) is 11.7. The van der Waals surface area contributed by atoms with Crippen molar-refractivity contribution in [2.75, 3.05) is 0 Å². The van der Waals surface area contributed by atoms with Crippen LogP contribution in [0.15, 0.2) is 11.6 Å². The highest BCUT2D eigenvalue weighted by Crippen LogP contribution is 2.12. The van der Waals surface area contributed by atoms with E-state index in [1.807, 2.05) is 6.92 Å². The van der Waals surface area contributed by atoms with Gasteiger partial charge in [-0.3, -0.25) is 0 Å². The molecule has 72 valence electrons. The van der Waals surface area contributed by atoms with Crippen LogP contribution in [-0.2, 0) is 0 Å². The Morgan fingerprint density at radius 2 is 1.92 bits per heavy atom. The largest absolute Gasteiger partial charge is 0.368 e. The second kappa shape index (κ2) is 6.21. The van der Waals surface area contributed by atoms with Gasteiger partial charge < -0.3 is 10.2 Å². The van der Waals surface area contributed by atoms with Gasteiger partial charge in [-0.05, 0) is 32.6 Å². The highest BCUT2D eigenvalue weighted by molar-refractivity contribution is 4.92. The number of hydrogen-bond acceptors (Lipinski definition) is 2. The average Bonchev–Trinajstić information content (AvgIpc) is 1.84. The van der Waals surface area contributed by atoms with Gasteiger partial charge in [-0.1, -0.05) is 18.6 Å². The Hall–Kier alpha value is -0.340. The summed E-state index contributed by atoms with van der Waals surface area (Å²) >= 11 is 0. The lowest BCUT2D eigenvalue weighted by atomic mass is 10.0. The molecule has 2 nitrogen and oxygen atoms in total. The molecule has 0 rings (SSSR count). The first-order valence-corrected chi connectivity index (χ1v) is 4.52. The van der Waals surface area contributed by atoms with E-state index in [0.717, 1.165) is 12.8 Å². The molecule has 0 aliphatic carbocycles. The fourth-order valence-electron chi connectivity index (χ4n) is 1.13. The second-order valence-corrected chi connectivity index (χ2v) is 3.68. The zero-order valence-corrected chi connectivity index (χ0v) is 8.25. The minimum absolute atomic E-state index is 0.389. The molecule has 0 spiro atoms. The van der Waals surface area contributed by atoms with E-state index in [1.54, 1.807) is 0 Å². The molecule has 2 heteroatoms. The first-order chi connectivity index (χ1) is 5.52. The summed E-state index contributed by atoms with van der Waals surface area (Å²) in [6.45, 7) is 6.19. The van der Waals surface area contributed by atoms with Crippen LogP contribution in [0.3, 0.4) is 0 Å². The normalized spacial score (nSPS) is 13.2. The van der Waals surface area contributed by atoms with Crippen LogP contribution in [0.4, 0.5) is 0 Å². The molecule has 0 aromatic heterocycles. The second-order valence-electron chi connectivity index (χ2n) is 3.68. The monoisotopic (exact) mass is 172 g/mol. The van der Waals surface area contributed by atoms with Gasteiger partial charge in [-0.15, -0.1) is 0 Å². The van der Waals surface area contributed by atoms with Crippen LogP contribution in [0.25, 0.3) is 0 Å². The molecule has 0 amide bonds. The van der Waals surface area contributed by atoms with Gasteiger partial charge in [0, 0.05) is 6.42 Å². The smallest absolute Gasteiger partial charge is 0.151 e. The van der Waals surface area contributed by atoms with E-state index in [-0.39, 0.29) is 0 Å². The Morgan fingerprint density at radius 1 is 1.33 bits per heavy atom. The lowest BCUT2D eigenvalue weighted by molar-refractivity contribution is -0.0549. The van der Waals surface area contributed by atoms with Crippen molar-refractivity contribution >= 4 is 0 Å². The lowest BCUT2D eigenvalue weighted by Gasteiger charge is -2.10. The van der Waals surface area contributed by atoms with Gasteiger partial charge in [-0.25, -0.2) is 0 Å². The van der Waals surface area contributed by atoms with Crippen LogP contribution in [0, 0.1) is 5.92 Å². The summed E-state index contributed by atoms with van der Waals surface area (Å²) in [5.74, 6) is 0.389. The molecule has 1 atom stereocenters. The van der Waals surface area contributed by atoms with Crippen molar-refractivity contribution < 1.29 is 10.2 Å². The van der Waals surface area contributed by atoms with Gasteiger partial charge in [-0.2, -0.15) is 0 Å². The Morgan fingerprint density at radius 3 is 2.33 bits per heavy atom. The van der Waals surface area contributed by atoms with Crippen molar-refractivity contribution in [3.05, 3.63) is 11.6 Å². The van der Waals surface area contributed by atoms with E-state index >= 15 is 0 Å². The Bertz CT molecular complexity index is 135. The van der Waals surface area contributed by atoms with Gasteiger partial charge in [0.25, 0.3) is 0 Å². The van der Waals surface area contributed by atoms with Crippen molar-refractivity contribution in [3.63, 3.8) is 0 Å². The minimum atomic E-state index is -1.15. The van der Waals surface area contributed by atoms with E-state index in [4.69, 9.17) is 10.2 Å². The Labute approximate surface area is 74.9 Å². The molecular weight excluding hydrogens is 152 g/mol.